The minimum atomic E-state index is -0.0907. The van der Waals surface area contributed by atoms with E-state index < -0.39 is 0 Å². The third kappa shape index (κ3) is 2.71. The highest BCUT2D eigenvalue weighted by Gasteiger charge is 2.29. The molecule has 1 saturated heterocycles. The summed E-state index contributed by atoms with van der Waals surface area (Å²) in [5.41, 5.74) is 2.29. The first kappa shape index (κ1) is 13.9. The summed E-state index contributed by atoms with van der Waals surface area (Å²) in [6, 6.07) is 5.35. The molecular formula is C15H21BrFN. The molecular weight excluding hydrogens is 293 g/mol. The summed E-state index contributed by atoms with van der Waals surface area (Å²) in [7, 11) is 0. The van der Waals surface area contributed by atoms with Crippen LogP contribution in [0.3, 0.4) is 0 Å². The predicted octanol–water partition coefficient (Wildman–Crippen LogP) is 4.74. The lowest BCUT2D eigenvalue weighted by molar-refractivity contribution is 0.237. The van der Waals surface area contributed by atoms with E-state index in [9.17, 15) is 4.39 Å². The van der Waals surface area contributed by atoms with Crippen LogP contribution in [0.1, 0.15) is 38.7 Å². The Bertz CT molecular complexity index is 411. The molecule has 0 saturated carbocycles. The Morgan fingerprint density at radius 2 is 2.00 bits per heavy atom. The maximum Gasteiger partial charge on any atom is 0.146 e. The van der Waals surface area contributed by atoms with Crippen LogP contribution in [-0.4, -0.2) is 13.1 Å². The first-order valence-corrected chi connectivity index (χ1v) is 7.80. The molecule has 18 heavy (non-hydrogen) atoms. The smallest absolute Gasteiger partial charge is 0.146 e. The van der Waals surface area contributed by atoms with Crippen LogP contribution in [0, 0.1) is 11.2 Å². The third-order valence-electron chi connectivity index (χ3n) is 4.35. The second-order valence-corrected chi connectivity index (χ2v) is 6.09. The molecule has 1 heterocycles. The zero-order chi connectivity index (χ0) is 13.2. The monoisotopic (exact) mass is 313 g/mol. The molecule has 0 aliphatic carbocycles. The molecule has 2 rings (SSSR count). The Labute approximate surface area is 118 Å². The second kappa shape index (κ2) is 5.60. The maximum absolute atomic E-state index is 14.0. The van der Waals surface area contributed by atoms with E-state index in [1.54, 1.807) is 12.1 Å². The van der Waals surface area contributed by atoms with Gasteiger partial charge in [-0.3, -0.25) is 0 Å². The lowest BCUT2D eigenvalue weighted by Crippen LogP contribution is -2.39. The fourth-order valence-electron chi connectivity index (χ4n) is 2.65. The molecule has 1 aromatic carbocycles. The molecule has 100 valence electrons. The zero-order valence-corrected chi connectivity index (χ0v) is 12.8. The van der Waals surface area contributed by atoms with Crippen molar-refractivity contribution in [2.45, 2.75) is 38.4 Å². The minimum absolute atomic E-state index is 0.0907. The summed E-state index contributed by atoms with van der Waals surface area (Å²) in [6.45, 7) is 6.52. The second-order valence-electron chi connectivity index (χ2n) is 5.53. The van der Waals surface area contributed by atoms with Gasteiger partial charge < -0.3 is 4.90 Å². The summed E-state index contributed by atoms with van der Waals surface area (Å²) in [5.74, 6) is -0.0907. The number of anilines is 1. The highest BCUT2D eigenvalue weighted by Crippen LogP contribution is 2.37. The van der Waals surface area contributed by atoms with Gasteiger partial charge in [-0.25, -0.2) is 4.39 Å². The maximum atomic E-state index is 14.0. The summed E-state index contributed by atoms with van der Waals surface area (Å²) in [5, 5.41) is 0.710. The average Bonchev–Trinajstić information content (AvgIpc) is 2.40. The average molecular weight is 314 g/mol. The Morgan fingerprint density at radius 1 is 1.33 bits per heavy atom. The molecule has 0 radical (unpaired) electrons. The van der Waals surface area contributed by atoms with E-state index in [-0.39, 0.29) is 5.82 Å². The lowest BCUT2D eigenvalue weighted by Gasteiger charge is -2.40. The molecule has 1 aliphatic heterocycles. The molecule has 1 fully saturated rings. The topological polar surface area (TPSA) is 3.24 Å². The van der Waals surface area contributed by atoms with E-state index in [0.717, 1.165) is 37.2 Å². The van der Waals surface area contributed by atoms with Crippen LogP contribution in [0.15, 0.2) is 18.2 Å². The van der Waals surface area contributed by atoms with Gasteiger partial charge in [-0.2, -0.15) is 0 Å². The van der Waals surface area contributed by atoms with Gasteiger partial charge in [-0.05, 0) is 29.9 Å². The zero-order valence-electron chi connectivity index (χ0n) is 11.2. The Hall–Kier alpha value is -0.570. The van der Waals surface area contributed by atoms with Crippen LogP contribution < -0.4 is 4.90 Å². The summed E-state index contributed by atoms with van der Waals surface area (Å²) < 4.78 is 14.0. The molecule has 1 aromatic rings. The van der Waals surface area contributed by atoms with Gasteiger partial charge in [0.15, 0.2) is 0 Å². The van der Waals surface area contributed by atoms with Gasteiger partial charge in [-0.15, -0.1) is 0 Å². The molecule has 0 atom stereocenters. The van der Waals surface area contributed by atoms with Gasteiger partial charge in [0.25, 0.3) is 0 Å². The van der Waals surface area contributed by atoms with Gasteiger partial charge in [0, 0.05) is 18.4 Å². The number of piperidine rings is 1. The Balaban J connectivity index is 2.19. The van der Waals surface area contributed by atoms with Crippen molar-refractivity contribution in [3.8, 4) is 0 Å². The first-order chi connectivity index (χ1) is 8.59. The fourth-order valence-corrected chi connectivity index (χ4v) is 3.10. The molecule has 0 N–H and O–H groups in total. The number of hydrogen-bond acceptors (Lipinski definition) is 1. The summed E-state index contributed by atoms with van der Waals surface area (Å²) in [4.78, 5) is 2.21. The summed E-state index contributed by atoms with van der Waals surface area (Å²) >= 11 is 3.45. The lowest BCUT2D eigenvalue weighted by atomic mass is 9.78. The van der Waals surface area contributed by atoms with Crippen molar-refractivity contribution in [1.82, 2.24) is 0 Å². The number of alkyl halides is 1. The van der Waals surface area contributed by atoms with Crippen molar-refractivity contribution in [2.75, 3.05) is 18.0 Å². The van der Waals surface area contributed by atoms with E-state index in [1.165, 1.54) is 6.42 Å². The molecule has 0 unspecified atom stereocenters. The van der Waals surface area contributed by atoms with Crippen molar-refractivity contribution in [3.05, 3.63) is 29.6 Å². The van der Waals surface area contributed by atoms with Crippen molar-refractivity contribution < 1.29 is 4.39 Å². The number of nitrogens with zero attached hydrogens (tertiary/aromatic N) is 1. The third-order valence-corrected chi connectivity index (χ3v) is 4.96. The first-order valence-electron chi connectivity index (χ1n) is 6.68. The van der Waals surface area contributed by atoms with Crippen molar-refractivity contribution in [1.29, 1.82) is 0 Å². The molecule has 1 aliphatic rings. The Morgan fingerprint density at radius 3 is 2.56 bits per heavy atom. The van der Waals surface area contributed by atoms with E-state index in [2.05, 4.69) is 34.7 Å². The van der Waals surface area contributed by atoms with E-state index in [4.69, 9.17) is 0 Å². The van der Waals surface area contributed by atoms with Gasteiger partial charge in [0.1, 0.15) is 5.82 Å². The highest BCUT2D eigenvalue weighted by atomic mass is 79.9. The van der Waals surface area contributed by atoms with Gasteiger partial charge >= 0.3 is 0 Å². The molecule has 0 amide bonds. The van der Waals surface area contributed by atoms with Gasteiger partial charge in [0.2, 0.25) is 0 Å². The molecule has 3 heteroatoms. The molecule has 1 nitrogen and oxygen atoms in total. The van der Waals surface area contributed by atoms with Gasteiger partial charge in [-0.1, -0.05) is 48.3 Å². The van der Waals surface area contributed by atoms with Crippen molar-refractivity contribution in [3.63, 3.8) is 0 Å². The molecule has 0 spiro atoms. The number of para-hydroxylation sites is 1. The van der Waals surface area contributed by atoms with E-state index >= 15 is 0 Å². The normalized spacial score (nSPS) is 19.0. The van der Waals surface area contributed by atoms with Crippen LogP contribution in [0.2, 0.25) is 0 Å². The van der Waals surface area contributed by atoms with Crippen LogP contribution in [-0.2, 0) is 5.33 Å². The largest absolute Gasteiger partial charge is 0.369 e. The van der Waals surface area contributed by atoms with Crippen LogP contribution in [0.4, 0.5) is 10.1 Å². The minimum Gasteiger partial charge on any atom is -0.369 e. The molecule has 0 aromatic heterocycles. The number of rotatable bonds is 3. The van der Waals surface area contributed by atoms with Crippen LogP contribution in [0.5, 0.6) is 0 Å². The highest BCUT2D eigenvalue weighted by molar-refractivity contribution is 9.08. The van der Waals surface area contributed by atoms with E-state index in [0.29, 0.717) is 10.7 Å². The van der Waals surface area contributed by atoms with Crippen molar-refractivity contribution >= 4 is 21.6 Å². The van der Waals surface area contributed by atoms with Crippen LogP contribution >= 0.6 is 15.9 Å². The molecule has 0 bridgehead atoms. The quantitative estimate of drug-likeness (QED) is 0.729. The predicted molar refractivity (Wildman–Crippen MR) is 78.9 cm³/mol. The van der Waals surface area contributed by atoms with Crippen molar-refractivity contribution in [2.24, 2.45) is 5.41 Å². The SMILES string of the molecule is CCC1(C)CCN(c2c(F)cccc2CBr)CC1. The Kier molecular flexibility index (Phi) is 4.31. The van der Waals surface area contributed by atoms with E-state index in [1.807, 2.05) is 6.07 Å². The van der Waals surface area contributed by atoms with Crippen LogP contribution in [0.25, 0.3) is 0 Å². The number of benzene rings is 1. The standard InChI is InChI=1S/C15H21BrFN/c1-3-15(2)7-9-18(10-8-15)14-12(11-16)5-4-6-13(14)17/h4-6H,3,7-11H2,1-2H3. The van der Waals surface area contributed by atoms with Gasteiger partial charge in [0.05, 0.1) is 5.69 Å². The fraction of sp³-hybridized carbons (Fsp3) is 0.600. The number of halogens is 2. The number of hydrogen-bond donors (Lipinski definition) is 0. The summed E-state index contributed by atoms with van der Waals surface area (Å²) in [6.07, 6.45) is 3.52.